The maximum atomic E-state index is 13.2. The van der Waals surface area contributed by atoms with Crippen molar-refractivity contribution in [2.75, 3.05) is 37.6 Å². The molecular formula is C24H25F2N3O3. The molecule has 2 amide bonds. The fourth-order valence-electron chi connectivity index (χ4n) is 4.51. The number of benzene rings is 2. The molecule has 32 heavy (non-hydrogen) atoms. The van der Waals surface area contributed by atoms with E-state index in [0.717, 1.165) is 11.4 Å². The van der Waals surface area contributed by atoms with Crippen molar-refractivity contribution in [3.63, 3.8) is 0 Å². The molecule has 1 saturated carbocycles. The number of halogens is 2. The van der Waals surface area contributed by atoms with Crippen molar-refractivity contribution in [3.05, 3.63) is 54.6 Å². The smallest absolute Gasteiger partial charge is 0.260 e. The lowest BCUT2D eigenvalue weighted by Gasteiger charge is -2.37. The molecule has 2 atom stereocenters. The van der Waals surface area contributed by atoms with E-state index < -0.39 is 17.7 Å². The van der Waals surface area contributed by atoms with Crippen LogP contribution < -0.4 is 9.64 Å². The van der Waals surface area contributed by atoms with E-state index in [-0.39, 0.29) is 18.4 Å². The van der Waals surface area contributed by atoms with E-state index in [9.17, 15) is 18.4 Å². The van der Waals surface area contributed by atoms with E-state index in [1.807, 2.05) is 54.6 Å². The summed E-state index contributed by atoms with van der Waals surface area (Å²) in [5, 5.41) is 0. The van der Waals surface area contributed by atoms with Gasteiger partial charge in [0.2, 0.25) is 11.8 Å². The number of ether oxygens (including phenoxy) is 1. The SMILES string of the molecule is O=C(C1CC1(F)F)N1CCN(C2CC(=O)N(c3ccc(Oc4ccccc4)cc3)C2)CC1. The highest BCUT2D eigenvalue weighted by atomic mass is 19.3. The Labute approximate surface area is 185 Å². The van der Waals surface area contributed by atoms with E-state index in [2.05, 4.69) is 4.90 Å². The quantitative estimate of drug-likeness (QED) is 0.714. The zero-order valence-electron chi connectivity index (χ0n) is 17.6. The van der Waals surface area contributed by atoms with Gasteiger partial charge in [-0.2, -0.15) is 0 Å². The Morgan fingerprint density at radius 2 is 1.56 bits per heavy atom. The topological polar surface area (TPSA) is 53.1 Å². The first-order valence-electron chi connectivity index (χ1n) is 10.9. The van der Waals surface area contributed by atoms with Gasteiger partial charge in [0.1, 0.15) is 17.4 Å². The molecule has 6 nitrogen and oxygen atoms in total. The van der Waals surface area contributed by atoms with Crippen LogP contribution in [0.2, 0.25) is 0 Å². The first-order chi connectivity index (χ1) is 15.4. The fraction of sp³-hybridized carbons (Fsp3) is 0.417. The normalized spacial score (nSPS) is 25.1. The maximum Gasteiger partial charge on any atom is 0.260 e. The first kappa shape index (κ1) is 20.9. The Hall–Kier alpha value is -3.00. The summed E-state index contributed by atoms with van der Waals surface area (Å²) in [5.41, 5.74) is 0.822. The molecule has 1 aliphatic carbocycles. The Morgan fingerprint density at radius 3 is 2.19 bits per heavy atom. The first-order valence-corrected chi connectivity index (χ1v) is 10.9. The number of hydrogen-bond donors (Lipinski definition) is 0. The predicted molar refractivity (Wildman–Crippen MR) is 115 cm³/mol. The van der Waals surface area contributed by atoms with Crippen LogP contribution in [0.5, 0.6) is 11.5 Å². The largest absolute Gasteiger partial charge is 0.457 e. The number of anilines is 1. The molecule has 2 aliphatic heterocycles. The second-order valence-electron chi connectivity index (χ2n) is 8.65. The van der Waals surface area contributed by atoms with E-state index in [1.165, 1.54) is 0 Å². The summed E-state index contributed by atoms with van der Waals surface area (Å²) in [6.45, 7) is 2.63. The summed E-state index contributed by atoms with van der Waals surface area (Å²) in [7, 11) is 0. The van der Waals surface area contributed by atoms with Crippen LogP contribution in [-0.2, 0) is 9.59 Å². The van der Waals surface area contributed by atoms with Crippen LogP contribution in [0.3, 0.4) is 0 Å². The van der Waals surface area contributed by atoms with Gasteiger partial charge in [-0.25, -0.2) is 8.78 Å². The summed E-state index contributed by atoms with van der Waals surface area (Å²) in [4.78, 5) is 30.4. The molecule has 2 heterocycles. The Morgan fingerprint density at radius 1 is 0.938 bits per heavy atom. The molecule has 2 saturated heterocycles. The lowest BCUT2D eigenvalue weighted by molar-refractivity contribution is -0.137. The van der Waals surface area contributed by atoms with Crippen molar-refractivity contribution in [1.82, 2.24) is 9.80 Å². The number of carbonyl (C=O) groups is 2. The summed E-state index contributed by atoms with van der Waals surface area (Å²) < 4.78 is 32.2. The minimum atomic E-state index is -2.83. The molecule has 2 aromatic rings. The Balaban J connectivity index is 1.16. The molecular weight excluding hydrogens is 416 g/mol. The zero-order valence-corrected chi connectivity index (χ0v) is 17.6. The van der Waals surface area contributed by atoms with Gasteiger partial charge in [0.25, 0.3) is 5.92 Å². The van der Waals surface area contributed by atoms with Crippen molar-refractivity contribution in [3.8, 4) is 11.5 Å². The number of hydrogen-bond acceptors (Lipinski definition) is 4. The second-order valence-corrected chi connectivity index (χ2v) is 8.65. The third kappa shape index (κ3) is 4.19. The van der Waals surface area contributed by atoms with E-state index in [1.54, 1.807) is 9.80 Å². The highest BCUT2D eigenvalue weighted by Crippen LogP contribution is 2.49. The Bertz CT molecular complexity index is 991. The summed E-state index contributed by atoms with van der Waals surface area (Å²) in [6, 6.07) is 17.0. The average molecular weight is 441 g/mol. The molecule has 3 fully saturated rings. The van der Waals surface area contributed by atoms with Crippen LogP contribution in [0.4, 0.5) is 14.5 Å². The van der Waals surface area contributed by atoms with Gasteiger partial charge in [0.05, 0.1) is 0 Å². The van der Waals surface area contributed by atoms with Crippen molar-refractivity contribution in [2.24, 2.45) is 5.92 Å². The number of alkyl halides is 2. The average Bonchev–Trinajstić information content (AvgIpc) is 3.27. The zero-order chi connectivity index (χ0) is 22.3. The van der Waals surface area contributed by atoms with E-state index in [0.29, 0.717) is 44.9 Å². The third-order valence-corrected chi connectivity index (χ3v) is 6.50. The number of para-hydroxylation sites is 1. The van der Waals surface area contributed by atoms with Crippen molar-refractivity contribution in [2.45, 2.75) is 24.8 Å². The third-order valence-electron chi connectivity index (χ3n) is 6.50. The van der Waals surface area contributed by atoms with Crippen LogP contribution in [0, 0.1) is 5.92 Å². The van der Waals surface area contributed by atoms with E-state index >= 15 is 0 Å². The van der Waals surface area contributed by atoms with Gasteiger partial charge in [-0.3, -0.25) is 14.5 Å². The molecule has 0 aromatic heterocycles. The number of piperazine rings is 1. The van der Waals surface area contributed by atoms with Gasteiger partial charge < -0.3 is 14.5 Å². The fourth-order valence-corrected chi connectivity index (χ4v) is 4.51. The standard InChI is InChI=1S/C24H25F2N3O3/c25-24(26)15-21(24)23(31)28-12-10-27(11-13-28)18-14-22(30)29(16-18)17-6-8-20(9-7-17)32-19-4-2-1-3-5-19/h1-9,18,21H,10-16H2. The van der Waals surface area contributed by atoms with Crippen LogP contribution >= 0.6 is 0 Å². The number of nitrogens with zero attached hydrogens (tertiary/aromatic N) is 3. The van der Waals surface area contributed by atoms with Crippen molar-refractivity contribution >= 4 is 17.5 Å². The van der Waals surface area contributed by atoms with Crippen LogP contribution in [0.1, 0.15) is 12.8 Å². The maximum absolute atomic E-state index is 13.2. The Kier molecular flexibility index (Phi) is 5.33. The van der Waals surface area contributed by atoms with Crippen LogP contribution in [-0.4, -0.2) is 66.3 Å². The summed E-state index contributed by atoms with van der Waals surface area (Å²) >= 11 is 0. The molecule has 2 aromatic carbocycles. The molecule has 0 radical (unpaired) electrons. The highest BCUT2D eigenvalue weighted by molar-refractivity contribution is 5.96. The highest BCUT2D eigenvalue weighted by Gasteiger charge is 2.62. The lowest BCUT2D eigenvalue weighted by atomic mass is 10.1. The minimum absolute atomic E-state index is 0.0577. The van der Waals surface area contributed by atoms with E-state index in [4.69, 9.17) is 4.74 Å². The van der Waals surface area contributed by atoms with Gasteiger partial charge in [0, 0.05) is 57.3 Å². The van der Waals surface area contributed by atoms with Crippen LogP contribution in [0.15, 0.2) is 54.6 Å². The second kappa shape index (κ2) is 8.16. The molecule has 5 rings (SSSR count). The minimum Gasteiger partial charge on any atom is -0.457 e. The molecule has 0 N–H and O–H groups in total. The van der Waals surface area contributed by atoms with Crippen LogP contribution in [0.25, 0.3) is 0 Å². The molecule has 0 bridgehead atoms. The molecule has 2 unspecified atom stereocenters. The molecule has 3 aliphatic rings. The summed E-state index contributed by atoms with van der Waals surface area (Å²) in [5.74, 6) is -2.88. The van der Waals surface area contributed by atoms with Gasteiger partial charge in [0.15, 0.2) is 0 Å². The van der Waals surface area contributed by atoms with Gasteiger partial charge in [-0.15, -0.1) is 0 Å². The van der Waals surface area contributed by atoms with Crippen molar-refractivity contribution in [1.29, 1.82) is 0 Å². The molecule has 0 spiro atoms. The lowest BCUT2D eigenvalue weighted by Crippen LogP contribution is -2.53. The van der Waals surface area contributed by atoms with Gasteiger partial charge in [-0.1, -0.05) is 18.2 Å². The number of amides is 2. The van der Waals surface area contributed by atoms with Gasteiger partial charge in [-0.05, 0) is 36.4 Å². The molecule has 168 valence electrons. The number of carbonyl (C=O) groups excluding carboxylic acids is 2. The predicted octanol–water partition coefficient (Wildman–Crippen LogP) is 3.38. The summed E-state index contributed by atoms with van der Waals surface area (Å²) in [6.07, 6.45) is 0.0875. The van der Waals surface area contributed by atoms with Gasteiger partial charge >= 0.3 is 0 Å². The monoisotopic (exact) mass is 441 g/mol. The van der Waals surface area contributed by atoms with Crippen molar-refractivity contribution < 1.29 is 23.1 Å². The molecule has 8 heteroatoms. The number of rotatable bonds is 5.